The van der Waals surface area contributed by atoms with Crippen molar-refractivity contribution in [3.8, 4) is 17.2 Å². The maximum atomic E-state index is 12.7. The third-order valence-corrected chi connectivity index (χ3v) is 7.11. The zero-order valence-corrected chi connectivity index (χ0v) is 21.5. The van der Waals surface area contributed by atoms with Gasteiger partial charge in [0.25, 0.3) is 0 Å². The quantitative estimate of drug-likeness (QED) is 0.497. The van der Waals surface area contributed by atoms with Crippen molar-refractivity contribution in [3.63, 3.8) is 0 Å². The van der Waals surface area contributed by atoms with Gasteiger partial charge in [0.05, 0.1) is 29.3 Å². The molecule has 0 bridgehead atoms. The fourth-order valence-electron chi connectivity index (χ4n) is 4.37. The number of carbonyl (C=O) groups is 1. The van der Waals surface area contributed by atoms with Crippen LogP contribution in [0.3, 0.4) is 0 Å². The molecular formula is C28H31BN2O5. The highest BCUT2D eigenvalue weighted by atomic mass is 16.7. The Bertz CT molecular complexity index is 1250. The lowest BCUT2D eigenvalue weighted by atomic mass is 9.78. The molecule has 36 heavy (non-hydrogen) atoms. The average Bonchev–Trinajstić information content (AvgIpc) is 3.05. The molecule has 0 spiro atoms. The molecule has 8 heteroatoms. The zero-order chi connectivity index (χ0) is 26.3. The Balaban J connectivity index is 1.61. The van der Waals surface area contributed by atoms with Gasteiger partial charge in [0.1, 0.15) is 17.4 Å². The van der Waals surface area contributed by atoms with Crippen LogP contribution >= 0.6 is 0 Å². The molecule has 2 heterocycles. The first-order valence-electron chi connectivity index (χ1n) is 12.0. The van der Waals surface area contributed by atoms with Crippen LogP contribution in [0.5, 0.6) is 0 Å². The first kappa shape index (κ1) is 25.6. The molecule has 4 rings (SSSR count). The van der Waals surface area contributed by atoms with E-state index in [9.17, 15) is 10.1 Å². The van der Waals surface area contributed by atoms with Crippen molar-refractivity contribution in [2.45, 2.75) is 58.7 Å². The van der Waals surface area contributed by atoms with Crippen molar-refractivity contribution < 1.29 is 23.6 Å². The van der Waals surface area contributed by atoms with E-state index in [1.165, 1.54) is 0 Å². The number of nitriles is 1. The molecule has 2 aromatic rings. The number of esters is 1. The fourth-order valence-corrected chi connectivity index (χ4v) is 4.37. The van der Waals surface area contributed by atoms with Crippen LogP contribution in [0, 0.1) is 11.3 Å². The number of ether oxygens (including phenoxy) is 2. The number of benzene rings is 2. The van der Waals surface area contributed by atoms with Gasteiger partial charge in [-0.25, -0.2) is 4.79 Å². The zero-order valence-electron chi connectivity index (χ0n) is 21.5. The summed E-state index contributed by atoms with van der Waals surface area (Å²) in [5, 5.41) is 9.76. The molecule has 7 nitrogen and oxygen atoms in total. The predicted molar refractivity (Wildman–Crippen MR) is 138 cm³/mol. The summed E-state index contributed by atoms with van der Waals surface area (Å²) >= 11 is 0. The second-order valence-corrected chi connectivity index (χ2v) is 9.95. The van der Waals surface area contributed by atoms with E-state index in [4.69, 9.17) is 24.5 Å². The molecule has 1 saturated heterocycles. The molecule has 0 aliphatic carbocycles. The van der Waals surface area contributed by atoms with Crippen LogP contribution in [-0.4, -0.2) is 30.9 Å². The maximum Gasteiger partial charge on any atom is 0.494 e. The number of rotatable bonds is 5. The van der Waals surface area contributed by atoms with Gasteiger partial charge in [0, 0.05) is 0 Å². The van der Waals surface area contributed by atoms with Crippen LogP contribution < -0.4 is 11.2 Å². The van der Waals surface area contributed by atoms with Crippen LogP contribution in [-0.2, 0) is 23.6 Å². The highest BCUT2D eigenvalue weighted by Gasteiger charge is 2.51. The Morgan fingerprint density at radius 3 is 2.06 bits per heavy atom. The number of allylic oxidation sites excluding steroid dienone is 2. The van der Waals surface area contributed by atoms with Crippen LogP contribution in [0.1, 0.15) is 53.0 Å². The Morgan fingerprint density at radius 1 is 1.03 bits per heavy atom. The molecule has 1 fully saturated rings. The van der Waals surface area contributed by atoms with E-state index >= 15 is 0 Å². The van der Waals surface area contributed by atoms with E-state index in [1.807, 2.05) is 76.2 Å². The third-order valence-electron chi connectivity index (χ3n) is 7.11. The Kier molecular flexibility index (Phi) is 6.74. The van der Waals surface area contributed by atoms with Crippen molar-refractivity contribution in [1.29, 1.82) is 5.26 Å². The predicted octanol–water partition coefficient (Wildman–Crippen LogP) is 4.30. The lowest BCUT2D eigenvalue weighted by Gasteiger charge is -2.32. The smallest absolute Gasteiger partial charge is 0.463 e. The second kappa shape index (κ2) is 9.49. The largest absolute Gasteiger partial charge is 0.494 e. The van der Waals surface area contributed by atoms with E-state index in [0.29, 0.717) is 5.76 Å². The summed E-state index contributed by atoms with van der Waals surface area (Å²) in [4.78, 5) is 12.7. The lowest BCUT2D eigenvalue weighted by molar-refractivity contribution is -0.139. The summed E-state index contributed by atoms with van der Waals surface area (Å²) in [7, 11) is -0.419. The summed E-state index contributed by atoms with van der Waals surface area (Å²) in [6.45, 7) is 11.7. The second-order valence-electron chi connectivity index (χ2n) is 9.95. The summed E-state index contributed by atoms with van der Waals surface area (Å²) in [6.07, 6.45) is 0. The van der Waals surface area contributed by atoms with Gasteiger partial charge in [0.2, 0.25) is 5.88 Å². The van der Waals surface area contributed by atoms with Gasteiger partial charge in [-0.1, -0.05) is 48.5 Å². The van der Waals surface area contributed by atoms with Crippen LogP contribution in [0.4, 0.5) is 0 Å². The summed E-state index contributed by atoms with van der Waals surface area (Å²) < 4.78 is 23.0. The molecule has 2 N–H and O–H groups in total. The molecule has 0 aromatic heterocycles. The SMILES string of the molecule is CCOC(=O)C1=C(C)OC(N)=C(C#N)C1c1ccc(-c2ccc(B3OC(C)(C)C(C)(C)O3)cc2)cc1. The van der Waals surface area contributed by atoms with Gasteiger partial charge >= 0.3 is 13.1 Å². The first-order valence-corrected chi connectivity index (χ1v) is 12.0. The number of hydrogen-bond acceptors (Lipinski definition) is 7. The van der Waals surface area contributed by atoms with Gasteiger partial charge in [-0.05, 0) is 63.7 Å². The van der Waals surface area contributed by atoms with E-state index in [1.54, 1.807) is 13.8 Å². The van der Waals surface area contributed by atoms with Gasteiger partial charge in [-0.2, -0.15) is 5.26 Å². The van der Waals surface area contributed by atoms with Gasteiger partial charge < -0.3 is 24.5 Å². The van der Waals surface area contributed by atoms with Gasteiger partial charge in [-0.3, -0.25) is 0 Å². The van der Waals surface area contributed by atoms with Crippen LogP contribution in [0.15, 0.2) is 71.3 Å². The summed E-state index contributed by atoms with van der Waals surface area (Å²) in [5.41, 5.74) is 9.36. The molecule has 2 aromatic carbocycles. The van der Waals surface area contributed by atoms with Gasteiger partial charge in [-0.15, -0.1) is 0 Å². The molecule has 0 saturated carbocycles. The van der Waals surface area contributed by atoms with Crippen LogP contribution in [0.2, 0.25) is 0 Å². The molecule has 2 aliphatic rings. The fraction of sp³-hybridized carbons (Fsp3) is 0.357. The van der Waals surface area contributed by atoms with Gasteiger partial charge in [0.15, 0.2) is 0 Å². The first-order chi connectivity index (χ1) is 17.0. The minimum absolute atomic E-state index is 0.00424. The Morgan fingerprint density at radius 2 is 1.56 bits per heavy atom. The molecule has 2 aliphatic heterocycles. The van der Waals surface area contributed by atoms with Crippen molar-refractivity contribution in [2.75, 3.05) is 6.61 Å². The third kappa shape index (κ3) is 4.52. The van der Waals surface area contributed by atoms with Crippen molar-refractivity contribution in [2.24, 2.45) is 5.73 Å². The Labute approximate surface area is 212 Å². The number of nitrogens with zero attached hydrogens (tertiary/aromatic N) is 1. The van der Waals surface area contributed by atoms with Crippen molar-refractivity contribution >= 4 is 18.6 Å². The number of carbonyl (C=O) groups excluding carboxylic acids is 1. The molecule has 0 radical (unpaired) electrons. The molecule has 186 valence electrons. The summed E-state index contributed by atoms with van der Waals surface area (Å²) in [6, 6.07) is 17.9. The van der Waals surface area contributed by atoms with E-state index < -0.39 is 30.2 Å². The van der Waals surface area contributed by atoms with Crippen molar-refractivity contribution in [3.05, 3.63) is 76.9 Å². The summed E-state index contributed by atoms with van der Waals surface area (Å²) in [5.74, 6) is -0.863. The monoisotopic (exact) mass is 486 g/mol. The van der Waals surface area contributed by atoms with Crippen molar-refractivity contribution in [1.82, 2.24) is 0 Å². The topological polar surface area (TPSA) is 104 Å². The minimum atomic E-state index is -0.664. The normalized spacial score (nSPS) is 20.7. The highest BCUT2D eigenvalue weighted by Crippen LogP contribution is 2.40. The molecular weight excluding hydrogens is 455 g/mol. The number of nitrogens with two attached hydrogens (primary N) is 1. The van der Waals surface area contributed by atoms with E-state index in [0.717, 1.165) is 22.2 Å². The average molecular weight is 486 g/mol. The van der Waals surface area contributed by atoms with Crippen LogP contribution in [0.25, 0.3) is 11.1 Å². The highest BCUT2D eigenvalue weighted by molar-refractivity contribution is 6.62. The lowest BCUT2D eigenvalue weighted by Crippen LogP contribution is -2.41. The minimum Gasteiger partial charge on any atom is -0.463 e. The molecule has 0 amide bonds. The number of hydrogen-bond donors (Lipinski definition) is 1. The molecule has 1 unspecified atom stereocenters. The Hall–Kier alpha value is -3.54. The molecule has 1 atom stereocenters. The standard InChI is InChI=1S/C28H31BN2O5/c1-7-33-26(32)23-17(2)34-25(31)22(16-30)24(23)20-10-8-18(9-11-20)19-12-14-21(15-13-19)29-35-27(3,4)28(5,6)36-29/h8-15,24H,7,31H2,1-6H3. The van der Waals surface area contributed by atoms with E-state index in [2.05, 4.69) is 6.07 Å². The maximum absolute atomic E-state index is 12.7. The van der Waals surface area contributed by atoms with E-state index in [-0.39, 0.29) is 23.6 Å².